The molecule has 0 N–H and O–H groups in total. The van der Waals surface area contributed by atoms with Crippen LogP contribution in [-0.4, -0.2) is 27.7 Å². The fraction of sp³-hybridized carbons (Fsp3) is 0.389. The maximum Gasteiger partial charge on any atom is 0.258 e. The predicted octanol–water partition coefficient (Wildman–Crippen LogP) is 2.66. The van der Waals surface area contributed by atoms with Crippen LogP contribution in [0.3, 0.4) is 0 Å². The van der Waals surface area contributed by atoms with Gasteiger partial charge in [-0.1, -0.05) is 17.4 Å². The lowest BCUT2D eigenvalue weighted by atomic mass is 10.1. The lowest BCUT2D eigenvalue weighted by Gasteiger charge is -2.27. The first-order chi connectivity index (χ1) is 12.1. The monoisotopic (exact) mass is 356 g/mol. The number of hydrogen-bond donors (Lipinski definition) is 0. The largest absolute Gasteiger partial charge is 0.492 e. The van der Waals surface area contributed by atoms with Gasteiger partial charge in [-0.2, -0.15) is 0 Å². The maximum absolute atomic E-state index is 12.6. The number of anilines is 1. The Bertz CT molecular complexity index is 1010. The van der Waals surface area contributed by atoms with Gasteiger partial charge in [0.15, 0.2) is 5.13 Å². The van der Waals surface area contributed by atoms with Gasteiger partial charge in [-0.05, 0) is 26.0 Å². The Labute approximate surface area is 149 Å². The summed E-state index contributed by atoms with van der Waals surface area (Å²) in [6.45, 7) is 5.83. The normalized spacial score (nSPS) is 14.0. The zero-order valence-corrected chi connectivity index (χ0v) is 15.4. The summed E-state index contributed by atoms with van der Waals surface area (Å²) >= 11 is 1.64. The zero-order valence-electron chi connectivity index (χ0n) is 14.6. The van der Waals surface area contributed by atoms with E-state index in [4.69, 9.17) is 9.72 Å². The lowest BCUT2D eigenvalue weighted by Crippen LogP contribution is -2.38. The van der Waals surface area contributed by atoms with Crippen LogP contribution in [0, 0.1) is 6.92 Å². The van der Waals surface area contributed by atoms with E-state index in [2.05, 4.69) is 16.0 Å². The van der Waals surface area contributed by atoms with Crippen LogP contribution >= 0.6 is 11.3 Å². The third-order valence-electron chi connectivity index (χ3n) is 4.60. The number of nitrogens with zero attached hydrogens (tertiary/aromatic N) is 4. The molecule has 0 atom stereocenters. The first-order valence-electron chi connectivity index (χ1n) is 8.41. The van der Waals surface area contributed by atoms with Gasteiger partial charge in [0.05, 0.1) is 29.1 Å². The Kier molecular flexibility index (Phi) is 3.95. The summed E-state index contributed by atoms with van der Waals surface area (Å²) in [4.78, 5) is 24.1. The molecule has 0 bridgehead atoms. The first-order valence-corrected chi connectivity index (χ1v) is 9.22. The van der Waals surface area contributed by atoms with E-state index in [0.717, 1.165) is 51.1 Å². The predicted molar refractivity (Wildman–Crippen MR) is 99.8 cm³/mol. The van der Waals surface area contributed by atoms with Crippen molar-refractivity contribution in [3.8, 4) is 5.75 Å². The summed E-state index contributed by atoms with van der Waals surface area (Å²) in [5.74, 6) is 1.58. The van der Waals surface area contributed by atoms with Crippen LogP contribution in [-0.2, 0) is 20.0 Å². The number of thiazole rings is 1. The van der Waals surface area contributed by atoms with Crippen LogP contribution in [0.5, 0.6) is 5.75 Å². The highest BCUT2D eigenvalue weighted by Crippen LogP contribution is 2.35. The van der Waals surface area contributed by atoms with Crippen molar-refractivity contribution in [1.82, 2.24) is 14.5 Å². The molecule has 4 rings (SSSR count). The van der Waals surface area contributed by atoms with Gasteiger partial charge in [0, 0.05) is 20.0 Å². The second-order valence-electron chi connectivity index (χ2n) is 6.15. The highest BCUT2D eigenvalue weighted by Gasteiger charge is 2.24. The molecule has 25 heavy (non-hydrogen) atoms. The van der Waals surface area contributed by atoms with Crippen molar-refractivity contribution in [2.24, 2.45) is 7.05 Å². The standard InChI is InChI=1S/C18H20N4O2S/c1-4-24-14-6-5-7-15-16(14)20-18(25-15)22-9-8-13-12(10-22)17(23)21(3)11(2)19-13/h5-7H,4,8-10H2,1-3H3. The molecule has 0 fully saturated rings. The van der Waals surface area contributed by atoms with E-state index in [1.54, 1.807) is 23.0 Å². The van der Waals surface area contributed by atoms with Crippen molar-refractivity contribution < 1.29 is 4.74 Å². The van der Waals surface area contributed by atoms with Gasteiger partial charge in [0.25, 0.3) is 5.56 Å². The van der Waals surface area contributed by atoms with Gasteiger partial charge in [-0.15, -0.1) is 0 Å². The molecular weight excluding hydrogens is 336 g/mol. The van der Waals surface area contributed by atoms with Crippen molar-refractivity contribution >= 4 is 26.7 Å². The number of hydrogen-bond acceptors (Lipinski definition) is 6. The van der Waals surface area contributed by atoms with Gasteiger partial charge < -0.3 is 9.64 Å². The number of para-hydroxylation sites is 1. The molecule has 0 spiro atoms. The van der Waals surface area contributed by atoms with E-state index in [0.29, 0.717) is 13.2 Å². The van der Waals surface area contributed by atoms with Crippen molar-refractivity contribution in [3.63, 3.8) is 0 Å². The van der Waals surface area contributed by atoms with E-state index in [1.165, 1.54) is 0 Å². The molecule has 1 aliphatic rings. The van der Waals surface area contributed by atoms with Crippen LogP contribution in [0.1, 0.15) is 24.0 Å². The molecule has 0 unspecified atom stereocenters. The average Bonchev–Trinajstić information content (AvgIpc) is 3.05. The highest BCUT2D eigenvalue weighted by atomic mass is 32.1. The third kappa shape index (κ3) is 2.68. The SMILES string of the molecule is CCOc1cccc2sc(N3CCc4nc(C)n(C)c(=O)c4C3)nc12. The fourth-order valence-electron chi connectivity index (χ4n) is 3.17. The van der Waals surface area contributed by atoms with Gasteiger partial charge >= 0.3 is 0 Å². The number of aromatic nitrogens is 3. The minimum atomic E-state index is 0.0447. The van der Waals surface area contributed by atoms with Crippen LogP contribution in [0.2, 0.25) is 0 Å². The second kappa shape index (κ2) is 6.15. The molecule has 0 radical (unpaired) electrons. The summed E-state index contributed by atoms with van der Waals surface area (Å²) in [6.07, 6.45) is 0.764. The first kappa shape index (κ1) is 16.1. The van der Waals surface area contributed by atoms with E-state index in [1.807, 2.05) is 26.0 Å². The van der Waals surface area contributed by atoms with Crippen LogP contribution in [0.15, 0.2) is 23.0 Å². The van der Waals surface area contributed by atoms with E-state index < -0.39 is 0 Å². The molecular formula is C18H20N4O2S. The smallest absolute Gasteiger partial charge is 0.258 e. The minimum Gasteiger partial charge on any atom is -0.492 e. The molecule has 1 aromatic carbocycles. The van der Waals surface area contributed by atoms with Gasteiger partial charge in [0.2, 0.25) is 0 Å². The third-order valence-corrected chi connectivity index (χ3v) is 5.68. The van der Waals surface area contributed by atoms with Gasteiger partial charge in [0.1, 0.15) is 17.1 Å². The summed E-state index contributed by atoms with van der Waals surface area (Å²) in [7, 11) is 1.77. The van der Waals surface area contributed by atoms with E-state index in [9.17, 15) is 4.79 Å². The average molecular weight is 356 g/mol. The molecule has 3 heterocycles. The molecule has 130 valence electrons. The molecule has 1 aliphatic heterocycles. The Morgan fingerprint density at radius 1 is 1.32 bits per heavy atom. The lowest BCUT2D eigenvalue weighted by molar-refractivity contribution is 0.344. The van der Waals surface area contributed by atoms with Crippen molar-refractivity contribution in [2.45, 2.75) is 26.8 Å². The Morgan fingerprint density at radius 2 is 2.16 bits per heavy atom. The Morgan fingerprint density at radius 3 is 2.96 bits per heavy atom. The number of aryl methyl sites for hydroxylation is 1. The van der Waals surface area contributed by atoms with Gasteiger partial charge in [-0.3, -0.25) is 9.36 Å². The quantitative estimate of drug-likeness (QED) is 0.722. The van der Waals surface area contributed by atoms with Crippen molar-refractivity contribution in [1.29, 1.82) is 0 Å². The van der Waals surface area contributed by atoms with Crippen LogP contribution in [0.25, 0.3) is 10.2 Å². The fourth-order valence-corrected chi connectivity index (χ4v) is 4.18. The van der Waals surface area contributed by atoms with Crippen molar-refractivity contribution in [2.75, 3.05) is 18.1 Å². The molecule has 0 aliphatic carbocycles. The number of fused-ring (bicyclic) bond motifs is 2. The number of benzene rings is 1. The summed E-state index contributed by atoms with van der Waals surface area (Å²) in [6, 6.07) is 5.99. The number of ether oxygens (including phenoxy) is 1. The summed E-state index contributed by atoms with van der Waals surface area (Å²) in [5, 5.41) is 0.926. The Hall–Kier alpha value is -2.41. The number of rotatable bonds is 3. The zero-order chi connectivity index (χ0) is 17.6. The van der Waals surface area contributed by atoms with Crippen LogP contribution in [0.4, 0.5) is 5.13 Å². The van der Waals surface area contributed by atoms with E-state index >= 15 is 0 Å². The molecule has 3 aromatic rings. The highest BCUT2D eigenvalue weighted by molar-refractivity contribution is 7.22. The summed E-state index contributed by atoms with van der Waals surface area (Å²) in [5.41, 5.74) is 2.64. The molecule has 0 saturated heterocycles. The molecule has 0 saturated carbocycles. The topological polar surface area (TPSA) is 60.2 Å². The second-order valence-corrected chi connectivity index (χ2v) is 7.16. The van der Waals surface area contributed by atoms with Gasteiger partial charge in [-0.25, -0.2) is 9.97 Å². The molecule has 2 aromatic heterocycles. The molecule has 0 amide bonds. The maximum atomic E-state index is 12.6. The van der Waals surface area contributed by atoms with Crippen molar-refractivity contribution in [3.05, 3.63) is 45.6 Å². The molecule has 6 nitrogen and oxygen atoms in total. The van der Waals surface area contributed by atoms with E-state index in [-0.39, 0.29) is 5.56 Å². The molecule has 7 heteroatoms. The minimum absolute atomic E-state index is 0.0447. The summed E-state index contributed by atoms with van der Waals surface area (Å²) < 4.78 is 8.40. The van der Waals surface area contributed by atoms with Crippen LogP contribution < -0.4 is 15.2 Å². The Balaban J connectivity index is 1.72.